The van der Waals surface area contributed by atoms with Crippen LogP contribution < -0.4 is 9.47 Å². The van der Waals surface area contributed by atoms with Crippen LogP contribution in [0, 0.1) is 0 Å². The quantitative estimate of drug-likeness (QED) is 0.755. The molecule has 0 atom stereocenters. The molecule has 0 unspecified atom stereocenters. The minimum absolute atomic E-state index is 0.0148. The Morgan fingerprint density at radius 2 is 2.12 bits per heavy atom. The van der Waals surface area contributed by atoms with E-state index in [9.17, 15) is 13.6 Å². The van der Waals surface area contributed by atoms with Crippen molar-refractivity contribution in [3.05, 3.63) is 22.7 Å². The van der Waals surface area contributed by atoms with E-state index in [0.717, 1.165) is 0 Å². The first-order chi connectivity index (χ1) is 7.41. The molecule has 0 radical (unpaired) electrons. The van der Waals surface area contributed by atoms with Gasteiger partial charge in [-0.05, 0) is 12.1 Å². The second kappa shape index (κ2) is 3.59. The number of Topliss-reactive ketones (excluding diaryl/α,β-unsaturated/α-hetero) is 1. The fourth-order valence-corrected chi connectivity index (χ4v) is 1.61. The maximum Gasteiger partial charge on any atom is 0.307 e. The van der Waals surface area contributed by atoms with Gasteiger partial charge in [-0.2, -0.15) is 8.78 Å². The summed E-state index contributed by atoms with van der Waals surface area (Å²) in [6.07, 6.45) is 0. The average Bonchev–Trinajstić information content (AvgIpc) is 2.63. The van der Waals surface area contributed by atoms with E-state index in [1.165, 1.54) is 12.1 Å². The van der Waals surface area contributed by atoms with Crippen molar-refractivity contribution in [3.63, 3.8) is 0 Å². The molecule has 0 aromatic heterocycles. The molecular weight excluding hydrogens is 242 g/mol. The summed E-state index contributed by atoms with van der Waals surface area (Å²) in [6, 6.07) is 2.79. The van der Waals surface area contributed by atoms with E-state index in [0.29, 0.717) is 6.92 Å². The largest absolute Gasteiger partial charge is 0.454 e. The van der Waals surface area contributed by atoms with Crippen LogP contribution in [0.4, 0.5) is 8.78 Å². The van der Waals surface area contributed by atoms with Crippen LogP contribution in [0.15, 0.2) is 12.1 Å². The van der Waals surface area contributed by atoms with Crippen LogP contribution in [0.25, 0.3) is 0 Å². The predicted molar refractivity (Wildman–Crippen MR) is 52.5 cm³/mol. The van der Waals surface area contributed by atoms with Gasteiger partial charge in [-0.25, -0.2) is 0 Å². The van der Waals surface area contributed by atoms with E-state index in [4.69, 9.17) is 21.1 Å². The van der Waals surface area contributed by atoms with E-state index >= 15 is 0 Å². The van der Waals surface area contributed by atoms with Crippen LogP contribution in [0.2, 0.25) is 5.02 Å². The third-order valence-corrected chi connectivity index (χ3v) is 2.43. The number of hydrogen-bond acceptors (Lipinski definition) is 3. The smallest absolute Gasteiger partial charge is 0.307 e. The Kier molecular flexibility index (Phi) is 2.50. The zero-order valence-corrected chi connectivity index (χ0v) is 8.98. The molecule has 1 aliphatic heterocycles. The fraction of sp³-hybridized carbons (Fsp3) is 0.300. The molecule has 0 saturated carbocycles. The molecule has 0 amide bonds. The van der Waals surface area contributed by atoms with Crippen LogP contribution in [0.1, 0.15) is 17.3 Å². The first-order valence-electron chi connectivity index (χ1n) is 4.42. The SMILES string of the molecule is CC(F)(F)C(=O)c1c(Cl)ccc2c1OCO2. The van der Waals surface area contributed by atoms with Crippen LogP contribution in [-0.2, 0) is 0 Å². The molecule has 0 aliphatic carbocycles. The Hall–Kier alpha value is -1.36. The second-order valence-corrected chi connectivity index (χ2v) is 3.78. The highest BCUT2D eigenvalue weighted by Crippen LogP contribution is 2.41. The van der Waals surface area contributed by atoms with Crippen molar-refractivity contribution >= 4 is 17.4 Å². The predicted octanol–water partition coefficient (Wildman–Crippen LogP) is 2.91. The van der Waals surface area contributed by atoms with Crippen LogP contribution in [0.5, 0.6) is 11.5 Å². The monoisotopic (exact) mass is 248 g/mol. The van der Waals surface area contributed by atoms with Gasteiger partial charge in [0.1, 0.15) is 0 Å². The number of ether oxygens (including phenoxy) is 2. The summed E-state index contributed by atoms with van der Waals surface area (Å²) in [4.78, 5) is 11.5. The van der Waals surface area contributed by atoms with E-state index < -0.39 is 11.7 Å². The number of hydrogen-bond donors (Lipinski definition) is 0. The first-order valence-corrected chi connectivity index (χ1v) is 4.80. The molecule has 6 heteroatoms. The van der Waals surface area contributed by atoms with Crippen molar-refractivity contribution in [2.45, 2.75) is 12.8 Å². The average molecular weight is 249 g/mol. The molecule has 2 rings (SSSR count). The van der Waals surface area contributed by atoms with Crippen LogP contribution >= 0.6 is 11.6 Å². The lowest BCUT2D eigenvalue weighted by atomic mass is 10.0. The third-order valence-electron chi connectivity index (χ3n) is 2.11. The maximum atomic E-state index is 12.9. The Balaban J connectivity index is 2.57. The molecule has 1 aliphatic rings. The standard InChI is InChI=1S/C10H7ClF2O3/c1-10(12,13)9(14)7-5(11)2-3-6-8(7)16-4-15-6/h2-3H,4H2,1H3. The number of alkyl halides is 2. The van der Waals surface area contributed by atoms with Gasteiger partial charge in [-0.1, -0.05) is 11.6 Å². The van der Waals surface area contributed by atoms with Crippen molar-refractivity contribution in [1.82, 2.24) is 0 Å². The normalized spacial score (nSPS) is 14.0. The number of carbonyl (C=O) groups is 1. The molecule has 0 N–H and O–H groups in total. The van der Waals surface area contributed by atoms with Gasteiger partial charge in [0.2, 0.25) is 12.6 Å². The number of carbonyl (C=O) groups excluding carboxylic acids is 1. The summed E-state index contributed by atoms with van der Waals surface area (Å²) in [5.41, 5.74) is -0.329. The lowest BCUT2D eigenvalue weighted by Crippen LogP contribution is -2.25. The van der Waals surface area contributed by atoms with Crippen LogP contribution in [-0.4, -0.2) is 18.5 Å². The van der Waals surface area contributed by atoms with Gasteiger partial charge < -0.3 is 9.47 Å². The zero-order valence-electron chi connectivity index (χ0n) is 8.22. The van der Waals surface area contributed by atoms with Gasteiger partial charge in [0, 0.05) is 6.92 Å². The Morgan fingerprint density at radius 1 is 1.44 bits per heavy atom. The highest BCUT2D eigenvalue weighted by atomic mass is 35.5. The van der Waals surface area contributed by atoms with E-state index in [1.54, 1.807) is 0 Å². The van der Waals surface area contributed by atoms with Gasteiger partial charge in [-0.15, -0.1) is 0 Å². The summed E-state index contributed by atoms with van der Waals surface area (Å²) < 4.78 is 35.8. The Labute approximate surface area is 94.9 Å². The molecule has 1 aromatic carbocycles. The van der Waals surface area contributed by atoms with E-state index in [2.05, 4.69) is 0 Å². The topological polar surface area (TPSA) is 35.5 Å². The van der Waals surface area contributed by atoms with Crippen molar-refractivity contribution in [2.24, 2.45) is 0 Å². The maximum absolute atomic E-state index is 12.9. The minimum atomic E-state index is -3.50. The zero-order chi connectivity index (χ0) is 11.9. The second-order valence-electron chi connectivity index (χ2n) is 3.37. The molecule has 0 spiro atoms. The molecule has 16 heavy (non-hydrogen) atoms. The number of rotatable bonds is 2. The summed E-state index contributed by atoms with van der Waals surface area (Å²) in [5.74, 6) is -4.64. The van der Waals surface area contributed by atoms with Crippen molar-refractivity contribution in [3.8, 4) is 11.5 Å². The summed E-state index contributed by atoms with van der Waals surface area (Å²) in [5, 5.41) is -0.0734. The van der Waals surface area contributed by atoms with Crippen molar-refractivity contribution in [2.75, 3.05) is 6.79 Å². The molecule has 0 fully saturated rings. The number of ketones is 1. The number of halogens is 3. The minimum Gasteiger partial charge on any atom is -0.454 e. The molecule has 1 heterocycles. The van der Waals surface area contributed by atoms with Crippen molar-refractivity contribution in [1.29, 1.82) is 0 Å². The van der Waals surface area contributed by atoms with E-state index in [-0.39, 0.29) is 28.9 Å². The summed E-state index contributed by atoms with van der Waals surface area (Å²) in [7, 11) is 0. The number of fused-ring (bicyclic) bond motifs is 1. The molecule has 86 valence electrons. The van der Waals surface area contributed by atoms with Crippen molar-refractivity contribution < 1.29 is 23.0 Å². The third kappa shape index (κ3) is 1.71. The van der Waals surface area contributed by atoms with Gasteiger partial charge in [0.05, 0.1) is 10.6 Å². The first kappa shape index (κ1) is 11.1. The fourth-order valence-electron chi connectivity index (χ4n) is 1.38. The molecule has 0 saturated heterocycles. The van der Waals surface area contributed by atoms with Crippen LogP contribution in [0.3, 0.4) is 0 Å². The lowest BCUT2D eigenvalue weighted by Gasteiger charge is -2.12. The highest BCUT2D eigenvalue weighted by molar-refractivity contribution is 6.34. The highest BCUT2D eigenvalue weighted by Gasteiger charge is 2.38. The van der Waals surface area contributed by atoms with Gasteiger partial charge >= 0.3 is 5.92 Å². The summed E-state index contributed by atoms with van der Waals surface area (Å²) in [6.45, 7) is 0.409. The summed E-state index contributed by atoms with van der Waals surface area (Å²) >= 11 is 5.72. The van der Waals surface area contributed by atoms with E-state index in [1.807, 2.05) is 0 Å². The van der Waals surface area contributed by atoms with Gasteiger partial charge in [0.25, 0.3) is 0 Å². The van der Waals surface area contributed by atoms with Gasteiger partial charge in [0.15, 0.2) is 11.5 Å². The molecule has 0 bridgehead atoms. The molecular formula is C10H7ClF2O3. The molecule has 1 aromatic rings. The lowest BCUT2D eigenvalue weighted by molar-refractivity contribution is 0.0218. The van der Waals surface area contributed by atoms with Gasteiger partial charge in [-0.3, -0.25) is 4.79 Å². The Morgan fingerprint density at radius 3 is 2.75 bits per heavy atom. The Bertz CT molecular complexity index is 454. The number of benzene rings is 1. The molecule has 3 nitrogen and oxygen atoms in total.